The molecule has 5 saturated heterocycles. The van der Waals surface area contributed by atoms with Crippen LogP contribution in [0.25, 0.3) is 11.4 Å². The van der Waals surface area contributed by atoms with Gasteiger partial charge in [-0.05, 0) is 154 Å². The first-order valence-electron chi connectivity index (χ1n) is 45.6. The molecule has 1 saturated carbocycles. The van der Waals surface area contributed by atoms with Gasteiger partial charge in [-0.25, -0.2) is 43.8 Å². The van der Waals surface area contributed by atoms with Crippen LogP contribution in [0.2, 0.25) is 0 Å². The van der Waals surface area contributed by atoms with Crippen molar-refractivity contribution in [2.45, 2.75) is 293 Å². The van der Waals surface area contributed by atoms with E-state index in [1.807, 2.05) is 103 Å². The summed E-state index contributed by atoms with van der Waals surface area (Å²) in [4.78, 5) is 131. The molecule has 130 heavy (non-hydrogen) atoms. The minimum atomic E-state index is -0.591. The maximum Gasteiger partial charge on any atom is 0.346 e. The number of allylic oxidation sites excluding steroid dienone is 4. The molecule has 0 spiro atoms. The Morgan fingerprint density at radius 3 is 1.40 bits per heavy atom. The number of fused-ring (bicyclic) bond motifs is 2. The van der Waals surface area contributed by atoms with Crippen LogP contribution in [0.4, 0.5) is 9.59 Å². The summed E-state index contributed by atoms with van der Waals surface area (Å²) in [5.41, 5.74) is 17.4. The molecule has 1 aliphatic carbocycles. The molecule has 8 aliphatic rings. The molecule has 26 heteroatoms. The van der Waals surface area contributed by atoms with Gasteiger partial charge in [0.2, 0.25) is 17.7 Å². The van der Waals surface area contributed by atoms with Crippen molar-refractivity contribution in [2.24, 2.45) is 18.9 Å². The lowest BCUT2D eigenvalue weighted by Crippen LogP contribution is -2.54. The number of aromatic nitrogens is 7. The maximum atomic E-state index is 12.7. The van der Waals surface area contributed by atoms with Gasteiger partial charge in [-0.3, -0.25) is 48.1 Å². The number of benzene rings is 3. The standard InChI is InChI=1S/C19H24N4O2.2C17H21N3O2.2C16H22N2O.C15H20N2O2.2C2H6/c1-12-6-11-15(17(24)20-12)23-18(25)22(5)16(21-23)13-7-9-14(10-8-13)19(2,3)4;1-11-7-8-19(16(22)18-11)20-10-12-9-13(17(2,3)4)5-6-14(12)15(20)21;1-11-8-9-19(16(22)18-11)20-10-13-12(15(20)21)6-5-7-14(13)17(2,3)4;1-11-5-7-13(15(19)18-11)9-12-6-8-14(17-10-12)16(2,3)4;1-11-5-6-12(15(19)18-11)9-14-8-7-13(10-17-14)16(2,3)4;1-10-5-6-12(13(18)7-10)17-14(19)8-11(9-16-17)15(2,3)4;2*1-2/h7-10,15H,1,6,11H2,2-5H3,(H,20,24);5-6,9H,1,7-8,10H2,2-4H3,(H,18,22);5-7H,1,8-10H2,2-4H3,(H,18,22);6,8,10,13H,1,5,7,9H2,2-4H3,(H,18,19);7-8,10,12H,1,5-6,9H2,2-4H3,(H,18,19);8-9,12H,1,5-7H2,2-4H3;2*1-2H3. The van der Waals surface area contributed by atoms with Crippen molar-refractivity contribution in [3.63, 3.8) is 0 Å². The second-order valence-electron chi connectivity index (χ2n) is 40.2. The first-order chi connectivity index (χ1) is 60.7. The summed E-state index contributed by atoms with van der Waals surface area (Å²) in [5.74, 6) is 0.394. The van der Waals surface area contributed by atoms with Crippen LogP contribution in [0.3, 0.4) is 0 Å². The molecule has 4 aromatic heterocycles. The van der Waals surface area contributed by atoms with Crippen LogP contribution in [0, 0.1) is 11.8 Å². The number of Topliss-reactive ketones (excluding diaryl/α,β-unsaturated/α-hetero) is 1. The molecule has 0 radical (unpaired) electrons. The molecule has 5 N–H and O–H groups in total. The number of hydrazine groups is 2. The van der Waals surface area contributed by atoms with Crippen molar-refractivity contribution in [1.29, 1.82) is 0 Å². The Morgan fingerprint density at radius 2 is 0.923 bits per heavy atom. The third kappa shape index (κ3) is 26.5. The maximum absolute atomic E-state index is 12.7. The fourth-order valence-electron chi connectivity index (χ4n) is 15.7. The van der Waals surface area contributed by atoms with Gasteiger partial charge in [0.15, 0.2) is 11.6 Å². The van der Waals surface area contributed by atoms with Gasteiger partial charge in [-0.1, -0.05) is 258 Å². The molecule has 4 unspecified atom stereocenters. The van der Waals surface area contributed by atoms with E-state index in [2.05, 4.69) is 233 Å². The molecule has 7 aromatic rings. The number of pyridine rings is 2. The Morgan fingerprint density at radius 1 is 0.423 bits per heavy atom. The lowest BCUT2D eigenvalue weighted by atomic mass is 9.83. The number of piperidine rings is 3. The summed E-state index contributed by atoms with van der Waals surface area (Å²) in [6.07, 6.45) is 14.7. The van der Waals surface area contributed by atoms with Crippen molar-refractivity contribution in [2.75, 3.05) is 13.1 Å². The van der Waals surface area contributed by atoms with Crippen LogP contribution < -0.4 is 37.8 Å². The number of hydrogen-bond acceptors (Lipinski definition) is 14. The lowest BCUT2D eigenvalue weighted by Gasteiger charge is -2.35. The zero-order valence-electron chi connectivity index (χ0n) is 81.5. The van der Waals surface area contributed by atoms with Crippen LogP contribution in [0.15, 0.2) is 193 Å². The fraction of sp³-hybridized carbons (Fsp3) is 0.481. The minimum absolute atomic E-state index is 0.0264. The summed E-state index contributed by atoms with van der Waals surface area (Å²) in [6.45, 7) is 70.9. The zero-order valence-corrected chi connectivity index (χ0v) is 81.5. The summed E-state index contributed by atoms with van der Waals surface area (Å²) in [7, 11) is 1.68. The highest BCUT2D eigenvalue weighted by molar-refractivity contribution is 6.00. The molecule has 7 aliphatic heterocycles. The Hall–Kier alpha value is -12.2. The zero-order chi connectivity index (χ0) is 96.8. The smallest absolute Gasteiger partial charge is 0.330 e. The van der Waals surface area contributed by atoms with Crippen LogP contribution in [-0.4, -0.2) is 115 Å². The molecule has 0 bridgehead atoms. The normalized spacial score (nSPS) is 18.9. The van der Waals surface area contributed by atoms with E-state index in [1.165, 1.54) is 45.6 Å². The first-order valence-corrected chi connectivity index (χ1v) is 45.6. The fourth-order valence-corrected chi connectivity index (χ4v) is 15.7. The molecular formula is C104H142N16O10. The van der Waals surface area contributed by atoms with E-state index in [0.717, 1.165) is 100 Å². The number of carbonyl (C=O) groups excluding carboxylic acids is 8. The van der Waals surface area contributed by atoms with Crippen molar-refractivity contribution in [3.8, 4) is 11.4 Å². The summed E-state index contributed by atoms with van der Waals surface area (Å²) in [5, 5.41) is 28.4. The molecule has 26 nitrogen and oxygen atoms in total. The summed E-state index contributed by atoms with van der Waals surface area (Å²) >= 11 is 0. The second-order valence-corrected chi connectivity index (χ2v) is 40.2. The van der Waals surface area contributed by atoms with E-state index >= 15 is 0 Å². The Labute approximate surface area is 770 Å². The molecule has 698 valence electrons. The Balaban J connectivity index is 0.000000191. The number of urea groups is 2. The average Bonchev–Trinajstić information content (AvgIpc) is 1.61. The van der Waals surface area contributed by atoms with Crippen molar-refractivity contribution in [3.05, 3.63) is 271 Å². The van der Waals surface area contributed by atoms with E-state index in [0.29, 0.717) is 105 Å². The van der Waals surface area contributed by atoms with E-state index in [4.69, 9.17) is 0 Å². The summed E-state index contributed by atoms with van der Waals surface area (Å²) in [6, 6.07) is 28.1. The number of amides is 9. The molecular weight excluding hydrogens is 1630 g/mol. The Kier molecular flexibility index (Phi) is 34.1. The van der Waals surface area contributed by atoms with E-state index in [-0.39, 0.29) is 103 Å². The molecule has 15 rings (SSSR count). The number of nitrogens with one attached hydrogen (secondary N) is 5. The third-order valence-electron chi connectivity index (χ3n) is 23.7. The van der Waals surface area contributed by atoms with Gasteiger partial charge in [0.1, 0.15) is 12.1 Å². The van der Waals surface area contributed by atoms with Crippen LogP contribution in [0.1, 0.15) is 312 Å². The Bertz CT molecular complexity index is 5420. The van der Waals surface area contributed by atoms with Gasteiger partial charge in [0.25, 0.3) is 17.4 Å². The van der Waals surface area contributed by atoms with E-state index in [1.54, 1.807) is 24.3 Å². The number of rotatable bonds is 9. The highest BCUT2D eigenvalue weighted by Crippen LogP contribution is 2.38. The third-order valence-corrected chi connectivity index (χ3v) is 23.7. The molecule has 3 aromatic carbocycles. The van der Waals surface area contributed by atoms with Gasteiger partial charge in [0.05, 0.1) is 19.3 Å². The van der Waals surface area contributed by atoms with Crippen LogP contribution >= 0.6 is 0 Å². The minimum Gasteiger partial charge on any atom is -0.330 e. The molecule has 6 fully saturated rings. The van der Waals surface area contributed by atoms with E-state index < -0.39 is 12.1 Å². The highest BCUT2D eigenvalue weighted by Gasteiger charge is 2.41. The molecule has 9 amide bonds. The van der Waals surface area contributed by atoms with Gasteiger partial charge in [-0.15, -0.1) is 5.10 Å². The van der Waals surface area contributed by atoms with Gasteiger partial charge in [-0.2, -0.15) is 5.10 Å². The monoisotopic (exact) mass is 1780 g/mol. The number of nitrogens with zero attached hydrogens (tertiary/aromatic N) is 11. The SMILES string of the molecule is C=C1CCC(Cc2ccc(C(C)(C)C)cn2)C(=O)N1.C=C1CCC(Cc2ccc(C(C)(C)C)nc2)C(=O)N1.C=C1CCC(n2nc(-c3ccc(C(C)(C)C)cc3)n(C)c2=O)C(=O)N1.C=C1CCC(n2ncc(C(C)(C)C)cc2=O)C(=O)C1.C=C1CCN(N2Cc3c(cccc3C(C)(C)C)C2=O)C(=O)N1.C=C1CCN(N2Cc3cc(C(C)(C)C)ccc3C2=O)C(=O)N1.CC.CC. The topological polar surface area (TPSA) is 310 Å². The van der Waals surface area contributed by atoms with Crippen molar-refractivity contribution < 1.29 is 38.4 Å². The summed E-state index contributed by atoms with van der Waals surface area (Å²) < 4.78 is 4.10. The second kappa shape index (κ2) is 43.0. The number of hydrogen-bond donors (Lipinski definition) is 5. The predicted octanol–water partition coefficient (Wildman–Crippen LogP) is 18.4. The lowest BCUT2D eigenvalue weighted by molar-refractivity contribution is -0.126. The van der Waals surface area contributed by atoms with Gasteiger partial charge < -0.3 is 26.6 Å². The van der Waals surface area contributed by atoms with E-state index in [9.17, 15) is 47.9 Å². The quantitative estimate of drug-likeness (QED) is 0.0840. The number of ketones is 1. The van der Waals surface area contributed by atoms with Crippen LogP contribution in [0.5, 0.6) is 0 Å². The molecule has 4 atom stereocenters. The largest absolute Gasteiger partial charge is 0.346 e. The predicted molar refractivity (Wildman–Crippen MR) is 515 cm³/mol. The number of carbonyl (C=O) groups is 8. The van der Waals surface area contributed by atoms with Crippen LogP contribution in [-0.2, 0) is 84.6 Å². The highest BCUT2D eigenvalue weighted by atomic mass is 16.2. The average molecular weight is 1780 g/mol. The van der Waals surface area contributed by atoms with Gasteiger partial charge >= 0.3 is 17.8 Å². The van der Waals surface area contributed by atoms with Crippen molar-refractivity contribution in [1.82, 2.24) is 80.7 Å². The molecule has 11 heterocycles. The van der Waals surface area contributed by atoms with Gasteiger partial charge in [0, 0.05) is 138 Å². The van der Waals surface area contributed by atoms with Crippen molar-refractivity contribution >= 4 is 47.4 Å². The first kappa shape index (κ1) is 103.